The summed E-state index contributed by atoms with van der Waals surface area (Å²) in [6.45, 7) is 12.7. The monoisotopic (exact) mass is 575 g/mol. The van der Waals surface area contributed by atoms with E-state index in [2.05, 4.69) is 46.9 Å². The summed E-state index contributed by atoms with van der Waals surface area (Å²) in [6.07, 6.45) is 12.7. The molecule has 1 aliphatic heterocycles. The molecule has 0 aromatic rings. The van der Waals surface area contributed by atoms with Crippen LogP contribution >= 0.6 is 0 Å². The van der Waals surface area contributed by atoms with E-state index in [0.29, 0.717) is 0 Å². The number of allylic oxidation sites excluding steroid dienone is 1. The standard InChI is InChI=1S/C30H61NO7Si/c1-7-8-9-10-11-12-13-14-15-16-17-18-19-20-24(38-39(5,6)30(2,3)4)23(31)22-36-29-28(35)27(34)26(33)25(21-32)37-29/h19-20,23-29,32-35H,7-18,21-22,31H2,1-6H3/b20-19+/t23-,24+,25+,26-,27-,28+,29-/m0/s1. The lowest BCUT2D eigenvalue weighted by Gasteiger charge is -2.41. The highest BCUT2D eigenvalue weighted by atomic mass is 28.4. The van der Waals surface area contributed by atoms with Crippen molar-refractivity contribution >= 4 is 8.32 Å². The summed E-state index contributed by atoms with van der Waals surface area (Å²) >= 11 is 0. The highest BCUT2D eigenvalue weighted by molar-refractivity contribution is 6.74. The van der Waals surface area contributed by atoms with Crippen molar-refractivity contribution in [2.45, 2.75) is 166 Å². The average molecular weight is 576 g/mol. The molecular weight excluding hydrogens is 514 g/mol. The van der Waals surface area contributed by atoms with Crippen LogP contribution in [0.3, 0.4) is 0 Å². The van der Waals surface area contributed by atoms with Crippen LogP contribution in [0.4, 0.5) is 0 Å². The number of aliphatic hydroxyl groups is 4. The Morgan fingerprint density at radius 1 is 0.872 bits per heavy atom. The third-order valence-electron chi connectivity index (χ3n) is 8.26. The number of rotatable bonds is 20. The van der Waals surface area contributed by atoms with Crippen molar-refractivity contribution in [1.82, 2.24) is 0 Å². The van der Waals surface area contributed by atoms with E-state index in [4.69, 9.17) is 19.6 Å². The molecule has 0 saturated carbocycles. The lowest BCUT2D eigenvalue weighted by molar-refractivity contribution is -0.302. The second-order valence-electron chi connectivity index (χ2n) is 12.8. The minimum atomic E-state index is -2.13. The molecular formula is C30H61NO7Si. The third-order valence-corrected chi connectivity index (χ3v) is 12.7. The predicted octanol–water partition coefficient (Wildman–Crippen LogP) is 4.78. The van der Waals surface area contributed by atoms with Gasteiger partial charge in [-0.2, -0.15) is 0 Å². The third kappa shape index (κ3) is 13.4. The van der Waals surface area contributed by atoms with Crippen LogP contribution in [0.25, 0.3) is 0 Å². The Hall–Kier alpha value is -0.363. The Morgan fingerprint density at radius 3 is 1.92 bits per heavy atom. The quantitative estimate of drug-likeness (QED) is 0.0796. The molecule has 7 atom stereocenters. The number of nitrogens with two attached hydrogens (primary N) is 1. The van der Waals surface area contributed by atoms with Crippen molar-refractivity contribution in [3.63, 3.8) is 0 Å². The fraction of sp³-hybridized carbons (Fsp3) is 0.933. The summed E-state index contributed by atoms with van der Waals surface area (Å²) in [7, 11) is -2.13. The molecule has 1 rings (SSSR count). The van der Waals surface area contributed by atoms with Gasteiger partial charge in [0.25, 0.3) is 0 Å². The summed E-state index contributed by atoms with van der Waals surface area (Å²) in [4.78, 5) is 0. The number of hydrogen-bond donors (Lipinski definition) is 5. The van der Waals surface area contributed by atoms with Gasteiger partial charge >= 0.3 is 0 Å². The summed E-state index contributed by atoms with van der Waals surface area (Å²) in [6, 6.07) is -0.528. The first-order valence-corrected chi connectivity index (χ1v) is 18.3. The fourth-order valence-electron chi connectivity index (χ4n) is 4.45. The molecule has 39 heavy (non-hydrogen) atoms. The molecule has 0 amide bonds. The molecule has 6 N–H and O–H groups in total. The minimum Gasteiger partial charge on any atom is -0.409 e. The maximum Gasteiger partial charge on any atom is 0.192 e. The largest absolute Gasteiger partial charge is 0.409 e. The van der Waals surface area contributed by atoms with Gasteiger partial charge in [0.1, 0.15) is 24.4 Å². The molecule has 9 heteroatoms. The van der Waals surface area contributed by atoms with E-state index in [1.807, 2.05) is 6.08 Å². The van der Waals surface area contributed by atoms with E-state index in [0.717, 1.165) is 12.8 Å². The molecule has 1 heterocycles. The average Bonchev–Trinajstić information content (AvgIpc) is 2.88. The van der Waals surface area contributed by atoms with Crippen molar-refractivity contribution in [3.8, 4) is 0 Å². The highest BCUT2D eigenvalue weighted by Gasteiger charge is 2.44. The molecule has 0 bridgehead atoms. The Labute approximate surface area is 239 Å². The molecule has 0 aliphatic carbocycles. The SMILES string of the molecule is CCCCCCCCCCCCC/C=C/[C@@H](O[Si](C)(C)C(C)(C)C)[C@@H](N)CO[C@H]1O[C@H](CO)[C@H](O)[C@H](O)[C@H]1O. The molecule has 1 saturated heterocycles. The second kappa shape index (κ2) is 18.9. The van der Waals surface area contributed by atoms with Gasteiger partial charge in [-0.15, -0.1) is 0 Å². The van der Waals surface area contributed by atoms with Crippen LogP contribution in [0.2, 0.25) is 18.1 Å². The molecule has 1 fully saturated rings. The Morgan fingerprint density at radius 2 is 1.41 bits per heavy atom. The zero-order valence-corrected chi connectivity index (χ0v) is 26.7. The van der Waals surface area contributed by atoms with Crippen LogP contribution in [0, 0.1) is 0 Å². The van der Waals surface area contributed by atoms with Crippen molar-refractivity contribution in [2.24, 2.45) is 5.73 Å². The molecule has 0 aromatic heterocycles. The lowest BCUT2D eigenvalue weighted by Crippen LogP contribution is -2.60. The number of ether oxygens (including phenoxy) is 2. The fourth-order valence-corrected chi connectivity index (χ4v) is 5.74. The Bertz CT molecular complexity index is 656. The number of unbranched alkanes of at least 4 members (excludes halogenated alkanes) is 11. The molecule has 8 nitrogen and oxygen atoms in total. The van der Waals surface area contributed by atoms with E-state index in [1.54, 1.807) is 0 Å². The highest BCUT2D eigenvalue weighted by Crippen LogP contribution is 2.37. The van der Waals surface area contributed by atoms with Gasteiger partial charge in [0, 0.05) is 0 Å². The Balaban J connectivity index is 2.56. The first-order valence-electron chi connectivity index (χ1n) is 15.4. The summed E-state index contributed by atoms with van der Waals surface area (Å²) in [5.41, 5.74) is 6.53. The first kappa shape index (κ1) is 36.7. The predicted molar refractivity (Wildman–Crippen MR) is 160 cm³/mol. The van der Waals surface area contributed by atoms with Gasteiger partial charge in [-0.3, -0.25) is 0 Å². The summed E-state index contributed by atoms with van der Waals surface area (Å²) in [5, 5.41) is 39.7. The maximum atomic E-state index is 10.3. The summed E-state index contributed by atoms with van der Waals surface area (Å²) < 4.78 is 17.8. The first-order chi connectivity index (χ1) is 18.4. The Kier molecular flexibility index (Phi) is 17.8. The molecule has 0 unspecified atom stereocenters. The zero-order valence-electron chi connectivity index (χ0n) is 25.7. The van der Waals surface area contributed by atoms with E-state index >= 15 is 0 Å². The smallest absolute Gasteiger partial charge is 0.192 e. The zero-order chi connectivity index (χ0) is 29.5. The van der Waals surface area contributed by atoms with E-state index in [-0.39, 0.29) is 17.7 Å². The molecule has 1 aliphatic rings. The molecule has 0 aromatic carbocycles. The number of aliphatic hydroxyl groups excluding tert-OH is 4. The topological polar surface area (TPSA) is 135 Å². The van der Waals surface area contributed by atoms with Gasteiger partial charge in [0.05, 0.1) is 25.4 Å². The van der Waals surface area contributed by atoms with Crippen LogP contribution in [-0.2, 0) is 13.9 Å². The van der Waals surface area contributed by atoms with E-state index < -0.39 is 51.7 Å². The molecule has 0 spiro atoms. The van der Waals surface area contributed by atoms with Gasteiger partial charge < -0.3 is 40.1 Å². The van der Waals surface area contributed by atoms with Crippen LogP contribution in [0.1, 0.15) is 105 Å². The van der Waals surface area contributed by atoms with Crippen LogP contribution < -0.4 is 5.73 Å². The van der Waals surface area contributed by atoms with Crippen molar-refractivity contribution in [2.75, 3.05) is 13.2 Å². The second-order valence-corrected chi connectivity index (χ2v) is 17.5. The van der Waals surface area contributed by atoms with E-state index in [1.165, 1.54) is 64.2 Å². The lowest BCUT2D eigenvalue weighted by atomic mass is 9.99. The number of hydrogen-bond acceptors (Lipinski definition) is 8. The minimum absolute atomic E-state index is 0.00688. The van der Waals surface area contributed by atoms with Crippen molar-refractivity contribution in [1.29, 1.82) is 0 Å². The van der Waals surface area contributed by atoms with E-state index in [9.17, 15) is 20.4 Å². The normalized spacial score (nSPS) is 26.3. The maximum absolute atomic E-state index is 10.3. The van der Waals surface area contributed by atoms with Gasteiger partial charge in [0.15, 0.2) is 14.6 Å². The van der Waals surface area contributed by atoms with Crippen LogP contribution in [-0.4, -0.2) is 84.8 Å². The van der Waals surface area contributed by atoms with Crippen molar-refractivity contribution < 1.29 is 34.3 Å². The molecule has 0 radical (unpaired) electrons. The van der Waals surface area contributed by atoms with Crippen LogP contribution in [0.5, 0.6) is 0 Å². The van der Waals surface area contributed by atoms with Crippen LogP contribution in [0.15, 0.2) is 12.2 Å². The summed E-state index contributed by atoms with van der Waals surface area (Å²) in [5.74, 6) is 0. The molecule has 232 valence electrons. The van der Waals surface area contributed by atoms with Gasteiger partial charge in [-0.05, 0) is 31.0 Å². The van der Waals surface area contributed by atoms with Gasteiger partial charge in [0.2, 0.25) is 0 Å². The van der Waals surface area contributed by atoms with Gasteiger partial charge in [-0.25, -0.2) is 0 Å². The van der Waals surface area contributed by atoms with Crippen molar-refractivity contribution in [3.05, 3.63) is 12.2 Å². The van der Waals surface area contributed by atoms with Gasteiger partial charge in [-0.1, -0.05) is 104 Å².